The topological polar surface area (TPSA) is 58.6 Å². The van der Waals surface area contributed by atoms with Crippen molar-refractivity contribution < 1.29 is 14.3 Å². The summed E-state index contributed by atoms with van der Waals surface area (Å²) >= 11 is 6.35. The van der Waals surface area contributed by atoms with Crippen LogP contribution < -0.4 is 15.0 Å². The number of methoxy groups -OCH3 is 1. The molecule has 0 radical (unpaired) electrons. The SMILES string of the molecule is COc1ccc(CNC(=O)CCN(C(C)=O)c2c(C)cc(C)cc2Cl)cc1. The van der Waals surface area contributed by atoms with E-state index in [-0.39, 0.29) is 24.8 Å². The minimum atomic E-state index is -0.146. The molecule has 1 N–H and O–H groups in total. The fourth-order valence-electron chi connectivity index (χ4n) is 2.92. The molecule has 0 saturated heterocycles. The van der Waals surface area contributed by atoms with Gasteiger partial charge in [-0.1, -0.05) is 29.8 Å². The van der Waals surface area contributed by atoms with E-state index < -0.39 is 0 Å². The summed E-state index contributed by atoms with van der Waals surface area (Å²) in [4.78, 5) is 25.9. The predicted molar refractivity (Wildman–Crippen MR) is 108 cm³/mol. The van der Waals surface area contributed by atoms with Gasteiger partial charge in [0, 0.05) is 26.4 Å². The van der Waals surface area contributed by atoms with Gasteiger partial charge in [0.25, 0.3) is 0 Å². The molecular formula is C21H25ClN2O3. The molecule has 0 spiro atoms. The third-order valence-electron chi connectivity index (χ3n) is 4.26. The highest BCUT2D eigenvalue weighted by Gasteiger charge is 2.18. The molecule has 144 valence electrons. The Balaban J connectivity index is 1.97. The summed E-state index contributed by atoms with van der Waals surface area (Å²) in [6.45, 7) is 6.03. The average molecular weight is 389 g/mol. The van der Waals surface area contributed by atoms with E-state index in [9.17, 15) is 9.59 Å². The van der Waals surface area contributed by atoms with E-state index in [1.807, 2.05) is 50.2 Å². The molecule has 27 heavy (non-hydrogen) atoms. The molecule has 0 unspecified atom stereocenters. The Bertz CT molecular complexity index is 796. The second kappa shape index (κ2) is 9.42. The predicted octanol–water partition coefficient (Wildman–Crippen LogP) is 4.02. The monoisotopic (exact) mass is 388 g/mol. The molecule has 0 fully saturated rings. The van der Waals surface area contributed by atoms with Crippen LogP contribution >= 0.6 is 11.6 Å². The minimum Gasteiger partial charge on any atom is -0.497 e. The number of carbonyl (C=O) groups is 2. The molecule has 0 saturated carbocycles. The lowest BCUT2D eigenvalue weighted by Gasteiger charge is -2.24. The van der Waals surface area contributed by atoms with Crippen LogP contribution in [0.4, 0.5) is 5.69 Å². The number of benzene rings is 2. The standard InChI is InChI=1S/C21H25ClN2O3/c1-14-11-15(2)21(19(22)12-14)24(16(3)25)10-9-20(26)23-13-17-5-7-18(27-4)8-6-17/h5-8,11-12H,9-10,13H2,1-4H3,(H,23,26). The van der Waals surface area contributed by atoms with E-state index in [2.05, 4.69) is 5.32 Å². The van der Waals surface area contributed by atoms with Crippen molar-refractivity contribution in [2.24, 2.45) is 0 Å². The van der Waals surface area contributed by atoms with Gasteiger partial charge in [0.05, 0.1) is 17.8 Å². The number of aryl methyl sites for hydroxylation is 2. The molecule has 0 aliphatic heterocycles. The average Bonchev–Trinajstić information content (AvgIpc) is 2.62. The van der Waals surface area contributed by atoms with E-state index in [1.165, 1.54) is 6.92 Å². The lowest BCUT2D eigenvalue weighted by atomic mass is 10.1. The van der Waals surface area contributed by atoms with Crippen molar-refractivity contribution in [2.75, 3.05) is 18.6 Å². The van der Waals surface area contributed by atoms with E-state index in [4.69, 9.17) is 16.3 Å². The van der Waals surface area contributed by atoms with Gasteiger partial charge in [-0.15, -0.1) is 0 Å². The number of hydrogen-bond donors (Lipinski definition) is 1. The van der Waals surface area contributed by atoms with Crippen molar-refractivity contribution in [3.8, 4) is 5.75 Å². The quantitative estimate of drug-likeness (QED) is 0.779. The van der Waals surface area contributed by atoms with Gasteiger partial charge in [-0.05, 0) is 48.7 Å². The van der Waals surface area contributed by atoms with Gasteiger partial charge in [0.2, 0.25) is 11.8 Å². The van der Waals surface area contributed by atoms with E-state index >= 15 is 0 Å². The second-order valence-electron chi connectivity index (χ2n) is 6.46. The van der Waals surface area contributed by atoms with E-state index in [0.717, 1.165) is 22.4 Å². The van der Waals surface area contributed by atoms with Crippen molar-refractivity contribution in [1.82, 2.24) is 5.32 Å². The number of halogens is 1. The number of hydrogen-bond acceptors (Lipinski definition) is 3. The van der Waals surface area contributed by atoms with Gasteiger partial charge in [-0.25, -0.2) is 0 Å². The summed E-state index contributed by atoms with van der Waals surface area (Å²) in [7, 11) is 1.61. The van der Waals surface area contributed by atoms with Crippen LogP contribution in [0, 0.1) is 13.8 Å². The highest BCUT2D eigenvalue weighted by atomic mass is 35.5. The fourth-order valence-corrected chi connectivity index (χ4v) is 3.35. The Morgan fingerprint density at radius 3 is 2.37 bits per heavy atom. The molecule has 6 heteroatoms. The molecule has 0 heterocycles. The van der Waals surface area contributed by atoms with Crippen LogP contribution in [-0.4, -0.2) is 25.5 Å². The normalized spacial score (nSPS) is 10.4. The summed E-state index contributed by atoms with van der Waals surface area (Å²) in [5.41, 5.74) is 3.58. The Morgan fingerprint density at radius 2 is 1.81 bits per heavy atom. The van der Waals surface area contributed by atoms with Crippen LogP contribution in [0.2, 0.25) is 5.02 Å². The summed E-state index contributed by atoms with van der Waals surface area (Å²) in [5.74, 6) is 0.497. The van der Waals surface area contributed by atoms with Crippen molar-refractivity contribution in [3.05, 3.63) is 58.1 Å². The van der Waals surface area contributed by atoms with Gasteiger partial charge >= 0.3 is 0 Å². The first-order valence-electron chi connectivity index (χ1n) is 8.76. The third-order valence-corrected chi connectivity index (χ3v) is 4.55. The third kappa shape index (κ3) is 5.73. The molecule has 0 aromatic heterocycles. The minimum absolute atomic E-state index is 0.127. The zero-order chi connectivity index (χ0) is 20.0. The number of nitrogens with one attached hydrogen (secondary N) is 1. The van der Waals surface area contributed by atoms with Crippen LogP contribution in [0.1, 0.15) is 30.0 Å². The van der Waals surface area contributed by atoms with Crippen LogP contribution in [-0.2, 0) is 16.1 Å². The lowest BCUT2D eigenvalue weighted by Crippen LogP contribution is -2.34. The van der Waals surface area contributed by atoms with E-state index in [1.54, 1.807) is 12.0 Å². The first-order valence-corrected chi connectivity index (χ1v) is 9.14. The first kappa shape index (κ1) is 20.8. The Kier molecular flexibility index (Phi) is 7.25. The van der Waals surface area contributed by atoms with Crippen molar-refractivity contribution in [3.63, 3.8) is 0 Å². The maximum Gasteiger partial charge on any atom is 0.223 e. The Morgan fingerprint density at radius 1 is 1.15 bits per heavy atom. The van der Waals surface area contributed by atoms with Gasteiger partial charge in [-0.2, -0.15) is 0 Å². The van der Waals surface area contributed by atoms with Crippen LogP contribution in [0.3, 0.4) is 0 Å². The molecule has 2 aromatic rings. The zero-order valence-corrected chi connectivity index (χ0v) is 16.9. The second-order valence-corrected chi connectivity index (χ2v) is 6.86. The lowest BCUT2D eigenvalue weighted by molar-refractivity contribution is -0.121. The maximum atomic E-state index is 12.2. The highest BCUT2D eigenvalue weighted by molar-refractivity contribution is 6.34. The van der Waals surface area contributed by atoms with Crippen molar-refractivity contribution >= 4 is 29.1 Å². The summed E-state index contributed by atoms with van der Waals surface area (Å²) in [6, 6.07) is 11.3. The summed E-state index contributed by atoms with van der Waals surface area (Å²) in [6.07, 6.45) is 0.194. The van der Waals surface area contributed by atoms with Gasteiger partial charge in [-0.3, -0.25) is 9.59 Å². The molecule has 2 aromatic carbocycles. The van der Waals surface area contributed by atoms with Crippen LogP contribution in [0.5, 0.6) is 5.75 Å². The van der Waals surface area contributed by atoms with E-state index in [0.29, 0.717) is 17.3 Å². The van der Waals surface area contributed by atoms with Crippen molar-refractivity contribution in [2.45, 2.75) is 33.7 Å². The van der Waals surface area contributed by atoms with Crippen molar-refractivity contribution in [1.29, 1.82) is 0 Å². The molecular weight excluding hydrogens is 364 g/mol. The van der Waals surface area contributed by atoms with Gasteiger partial charge in [0.15, 0.2) is 0 Å². The van der Waals surface area contributed by atoms with Crippen LogP contribution in [0.25, 0.3) is 0 Å². The molecule has 0 aliphatic carbocycles. The molecule has 2 rings (SSSR count). The molecule has 2 amide bonds. The Hall–Kier alpha value is -2.53. The van der Waals surface area contributed by atoms with Gasteiger partial charge < -0.3 is 15.0 Å². The van der Waals surface area contributed by atoms with Crippen LogP contribution in [0.15, 0.2) is 36.4 Å². The molecule has 0 atom stereocenters. The van der Waals surface area contributed by atoms with Gasteiger partial charge in [0.1, 0.15) is 5.75 Å². The summed E-state index contributed by atoms with van der Waals surface area (Å²) in [5, 5.41) is 3.38. The number of rotatable bonds is 7. The fraction of sp³-hybridized carbons (Fsp3) is 0.333. The summed E-state index contributed by atoms with van der Waals surface area (Å²) < 4.78 is 5.12. The number of anilines is 1. The highest BCUT2D eigenvalue weighted by Crippen LogP contribution is 2.31. The molecule has 0 aliphatic rings. The Labute approximate surface area is 165 Å². The first-order chi connectivity index (χ1) is 12.8. The zero-order valence-electron chi connectivity index (χ0n) is 16.1. The smallest absolute Gasteiger partial charge is 0.223 e. The molecule has 5 nitrogen and oxygen atoms in total. The number of ether oxygens (including phenoxy) is 1. The molecule has 0 bridgehead atoms. The maximum absolute atomic E-state index is 12.2. The largest absolute Gasteiger partial charge is 0.497 e. The number of amides is 2. The number of nitrogens with zero attached hydrogens (tertiary/aromatic N) is 1. The number of carbonyl (C=O) groups excluding carboxylic acids is 2.